The van der Waals surface area contributed by atoms with E-state index in [9.17, 15) is 5.26 Å². The molecule has 0 amide bonds. The van der Waals surface area contributed by atoms with Crippen LogP contribution in [0.2, 0.25) is 5.02 Å². The van der Waals surface area contributed by atoms with Crippen LogP contribution in [-0.2, 0) is 15.9 Å². The van der Waals surface area contributed by atoms with Gasteiger partial charge in [-0.1, -0.05) is 11.6 Å². The molecular weight excluding hydrogens is 474 g/mol. The van der Waals surface area contributed by atoms with Crippen LogP contribution in [0.1, 0.15) is 51.1 Å². The first-order valence-electron chi connectivity index (χ1n) is 13.1. The molecule has 2 aromatic rings. The Balaban J connectivity index is 1.37. The summed E-state index contributed by atoms with van der Waals surface area (Å²) < 4.78 is 10.7. The molecule has 7 nitrogen and oxygen atoms in total. The van der Waals surface area contributed by atoms with Gasteiger partial charge in [0, 0.05) is 74.4 Å². The lowest BCUT2D eigenvalue weighted by atomic mass is 9.81. The van der Waals surface area contributed by atoms with Gasteiger partial charge in [0.25, 0.3) is 0 Å². The summed E-state index contributed by atoms with van der Waals surface area (Å²) in [4.78, 5) is 9.08. The number of nitriles is 1. The molecule has 194 valence electrons. The van der Waals surface area contributed by atoms with Crippen molar-refractivity contribution in [2.24, 2.45) is 11.3 Å². The first kappa shape index (κ1) is 26.8. The molecule has 2 aliphatic rings. The highest BCUT2D eigenvalue weighted by Crippen LogP contribution is 2.33. The van der Waals surface area contributed by atoms with Gasteiger partial charge in [-0.3, -0.25) is 9.97 Å². The van der Waals surface area contributed by atoms with E-state index in [1.54, 1.807) is 19.5 Å². The van der Waals surface area contributed by atoms with Crippen molar-refractivity contribution in [1.82, 2.24) is 15.3 Å². The zero-order valence-electron chi connectivity index (χ0n) is 21.4. The average molecular weight is 512 g/mol. The Morgan fingerprint density at radius 1 is 1.19 bits per heavy atom. The monoisotopic (exact) mass is 511 g/mol. The van der Waals surface area contributed by atoms with Crippen molar-refractivity contribution in [2.75, 3.05) is 38.8 Å². The van der Waals surface area contributed by atoms with Crippen LogP contribution in [0.4, 0.5) is 5.69 Å². The molecule has 4 rings (SSSR count). The molecule has 1 saturated heterocycles. The summed E-state index contributed by atoms with van der Waals surface area (Å²) in [5.74, 6) is 0.634. The van der Waals surface area contributed by atoms with Gasteiger partial charge < -0.3 is 20.1 Å². The van der Waals surface area contributed by atoms with E-state index in [-0.39, 0.29) is 0 Å². The molecule has 0 radical (unpaired) electrons. The summed E-state index contributed by atoms with van der Waals surface area (Å²) in [6.45, 7) is 4.77. The van der Waals surface area contributed by atoms with Gasteiger partial charge in [0.05, 0.1) is 28.8 Å². The summed E-state index contributed by atoms with van der Waals surface area (Å²) in [6, 6.07) is 7.63. The lowest BCUT2D eigenvalue weighted by Crippen LogP contribution is -2.41. The summed E-state index contributed by atoms with van der Waals surface area (Å²) in [6.07, 6.45) is 12.6. The van der Waals surface area contributed by atoms with Crippen molar-refractivity contribution in [3.8, 4) is 17.2 Å². The van der Waals surface area contributed by atoms with Crippen molar-refractivity contribution in [2.45, 2.75) is 64.0 Å². The number of ether oxygens (including phenoxy) is 2. The minimum atomic E-state index is -0.397. The van der Waals surface area contributed by atoms with Crippen LogP contribution in [0.25, 0.3) is 11.1 Å². The minimum absolute atomic E-state index is 0.387. The molecule has 0 bridgehead atoms. The summed E-state index contributed by atoms with van der Waals surface area (Å²) in [5, 5.41) is 17.5. The van der Waals surface area contributed by atoms with Crippen molar-refractivity contribution in [3.05, 3.63) is 41.4 Å². The molecule has 2 fully saturated rings. The van der Waals surface area contributed by atoms with E-state index >= 15 is 0 Å². The number of hydrogen-bond acceptors (Lipinski definition) is 7. The summed E-state index contributed by atoms with van der Waals surface area (Å²) in [7, 11) is 1.75. The number of nitrogens with one attached hydrogen (secondary N) is 2. The van der Waals surface area contributed by atoms with Crippen LogP contribution in [0, 0.1) is 22.7 Å². The number of hydrogen-bond donors (Lipinski definition) is 2. The maximum absolute atomic E-state index is 9.73. The number of aromatic nitrogens is 2. The van der Waals surface area contributed by atoms with Gasteiger partial charge in [-0.05, 0) is 69.9 Å². The molecule has 2 aromatic heterocycles. The predicted octanol–water partition coefficient (Wildman–Crippen LogP) is 5.26. The first-order chi connectivity index (χ1) is 17.5. The number of methoxy groups -OCH3 is 1. The van der Waals surface area contributed by atoms with Crippen LogP contribution in [-0.4, -0.2) is 55.5 Å². The Kier molecular flexibility index (Phi) is 9.55. The molecule has 1 saturated carbocycles. The fourth-order valence-corrected chi connectivity index (χ4v) is 5.60. The third-order valence-electron chi connectivity index (χ3n) is 7.56. The van der Waals surface area contributed by atoms with E-state index in [4.69, 9.17) is 21.1 Å². The number of halogens is 1. The van der Waals surface area contributed by atoms with Crippen molar-refractivity contribution in [3.63, 3.8) is 0 Å². The Hall–Kier alpha value is -2.24. The Morgan fingerprint density at radius 3 is 2.69 bits per heavy atom. The Morgan fingerprint density at radius 2 is 1.97 bits per heavy atom. The lowest BCUT2D eigenvalue weighted by molar-refractivity contribution is 0.0456. The van der Waals surface area contributed by atoms with Gasteiger partial charge in [0.2, 0.25) is 0 Å². The largest absolute Gasteiger partial charge is 0.383 e. The third kappa shape index (κ3) is 7.17. The van der Waals surface area contributed by atoms with Gasteiger partial charge in [-0.25, -0.2) is 0 Å². The fourth-order valence-electron chi connectivity index (χ4n) is 5.39. The van der Waals surface area contributed by atoms with Crippen LogP contribution in [0.15, 0.2) is 30.7 Å². The maximum Gasteiger partial charge on any atom is 0.0789 e. The fraction of sp³-hybridized carbons (Fsp3) is 0.607. The third-order valence-corrected chi connectivity index (χ3v) is 7.86. The lowest BCUT2D eigenvalue weighted by Gasteiger charge is -2.31. The van der Waals surface area contributed by atoms with E-state index < -0.39 is 5.41 Å². The Labute approximate surface area is 220 Å². The molecule has 0 aromatic carbocycles. The van der Waals surface area contributed by atoms with Gasteiger partial charge in [0.1, 0.15) is 0 Å². The van der Waals surface area contributed by atoms with Crippen LogP contribution < -0.4 is 10.6 Å². The Bertz CT molecular complexity index is 1030. The minimum Gasteiger partial charge on any atom is -0.383 e. The van der Waals surface area contributed by atoms with Crippen LogP contribution in [0.5, 0.6) is 0 Å². The molecule has 8 heteroatoms. The zero-order valence-corrected chi connectivity index (χ0v) is 22.2. The van der Waals surface area contributed by atoms with Crippen molar-refractivity contribution < 1.29 is 9.47 Å². The highest BCUT2D eigenvalue weighted by atomic mass is 35.5. The highest BCUT2D eigenvalue weighted by molar-refractivity contribution is 6.33. The SMILES string of the molecule is COC[C@@H](C)NC1CCC(Cc2cc(-c3cncc(NCC4(C#N)CCOCC4)c3)c(Cl)cn2)CC1. The maximum atomic E-state index is 9.73. The highest BCUT2D eigenvalue weighted by Gasteiger charge is 2.32. The molecule has 1 atom stereocenters. The smallest absolute Gasteiger partial charge is 0.0789 e. The molecule has 1 aliphatic carbocycles. The number of rotatable bonds is 10. The molecular formula is C28H38ClN5O2. The number of anilines is 1. The van der Waals surface area contributed by atoms with Crippen molar-refractivity contribution >= 4 is 17.3 Å². The van der Waals surface area contributed by atoms with E-state index in [1.165, 1.54) is 25.7 Å². The van der Waals surface area contributed by atoms with Gasteiger partial charge in [-0.2, -0.15) is 5.26 Å². The van der Waals surface area contributed by atoms with Crippen molar-refractivity contribution in [1.29, 1.82) is 5.26 Å². The van der Waals surface area contributed by atoms with Gasteiger partial charge in [-0.15, -0.1) is 0 Å². The molecule has 2 N–H and O–H groups in total. The molecule has 3 heterocycles. The second kappa shape index (κ2) is 12.8. The van der Waals surface area contributed by atoms with Crippen LogP contribution >= 0.6 is 11.6 Å². The van der Waals surface area contributed by atoms with E-state index in [0.29, 0.717) is 42.8 Å². The van der Waals surface area contributed by atoms with Crippen LogP contribution in [0.3, 0.4) is 0 Å². The van der Waals surface area contributed by atoms with E-state index in [2.05, 4.69) is 45.7 Å². The molecule has 0 spiro atoms. The first-order valence-corrected chi connectivity index (χ1v) is 13.5. The molecule has 1 aliphatic heterocycles. The van der Waals surface area contributed by atoms with Gasteiger partial charge >= 0.3 is 0 Å². The summed E-state index contributed by atoms with van der Waals surface area (Å²) in [5.41, 5.74) is 3.46. The average Bonchev–Trinajstić information content (AvgIpc) is 2.90. The standard InChI is InChI=1S/C28H38ClN5O2/c1-20(17-35-2)34-23-5-3-21(4-6-23)11-24-13-26(27(29)16-32-24)22-12-25(15-31-14-22)33-19-28(18-30)7-9-36-10-8-28/h12-16,20-21,23,33-34H,3-11,17,19H2,1-2H3/t20-,21?,23?/m1/s1. The second-order valence-corrected chi connectivity index (χ2v) is 10.8. The predicted molar refractivity (Wildman–Crippen MR) is 143 cm³/mol. The van der Waals surface area contributed by atoms with E-state index in [1.807, 2.05) is 6.20 Å². The zero-order chi connectivity index (χ0) is 25.4. The summed E-state index contributed by atoms with van der Waals surface area (Å²) >= 11 is 6.58. The van der Waals surface area contributed by atoms with Gasteiger partial charge in [0.15, 0.2) is 0 Å². The number of pyridine rings is 2. The molecule has 0 unspecified atom stereocenters. The topological polar surface area (TPSA) is 92.1 Å². The quantitative estimate of drug-likeness (QED) is 0.449. The number of nitrogens with zero attached hydrogens (tertiary/aromatic N) is 3. The van der Waals surface area contributed by atoms with E-state index in [0.717, 1.165) is 48.4 Å². The second-order valence-electron chi connectivity index (χ2n) is 10.4. The molecule has 36 heavy (non-hydrogen) atoms. The normalized spacial score (nSPS) is 22.5.